The molecule has 1 fully saturated rings. The Hall–Kier alpha value is -1.24. The highest BCUT2D eigenvalue weighted by molar-refractivity contribution is 7.18. The van der Waals surface area contributed by atoms with Crippen molar-refractivity contribution in [1.29, 1.82) is 0 Å². The number of piperidine rings is 1. The van der Waals surface area contributed by atoms with Gasteiger partial charge < -0.3 is 5.43 Å². The fourth-order valence-electron chi connectivity index (χ4n) is 3.04. The molecule has 1 aliphatic rings. The largest absolute Gasteiger partial charge is 0.308 e. The Kier molecular flexibility index (Phi) is 4.10. The molecule has 3 N–H and O–H groups in total. The molecule has 0 radical (unpaired) electrons. The van der Waals surface area contributed by atoms with Crippen molar-refractivity contribution in [1.82, 2.24) is 14.9 Å². The standard InChI is InChI=1S/C15H23N5S/c1-9-6-4-5-7-20(9)8-12-17-14(19-16)13-10(2)11(3)21-15(13)18-12/h9H,4-8,16H2,1-3H3,(H,17,18,19). The van der Waals surface area contributed by atoms with Crippen molar-refractivity contribution in [2.24, 2.45) is 5.84 Å². The molecule has 1 unspecified atom stereocenters. The molecule has 1 saturated heterocycles. The monoisotopic (exact) mass is 305 g/mol. The molecule has 5 nitrogen and oxygen atoms in total. The molecule has 1 atom stereocenters. The summed E-state index contributed by atoms with van der Waals surface area (Å²) in [5.41, 5.74) is 3.97. The van der Waals surface area contributed by atoms with E-state index in [1.54, 1.807) is 11.3 Å². The molecular formula is C15H23N5S. The van der Waals surface area contributed by atoms with Crippen LogP contribution in [0, 0.1) is 13.8 Å². The van der Waals surface area contributed by atoms with Crippen LogP contribution < -0.4 is 11.3 Å². The van der Waals surface area contributed by atoms with Gasteiger partial charge >= 0.3 is 0 Å². The molecule has 0 aromatic carbocycles. The van der Waals surface area contributed by atoms with Crippen molar-refractivity contribution in [2.75, 3.05) is 12.0 Å². The first-order valence-electron chi connectivity index (χ1n) is 7.57. The van der Waals surface area contributed by atoms with Gasteiger partial charge in [-0.15, -0.1) is 11.3 Å². The van der Waals surface area contributed by atoms with Gasteiger partial charge in [0.25, 0.3) is 0 Å². The Bertz CT molecular complexity index is 651. The minimum Gasteiger partial charge on any atom is -0.308 e. The van der Waals surface area contributed by atoms with E-state index in [0.717, 1.165) is 34.9 Å². The molecule has 114 valence electrons. The Balaban J connectivity index is 1.96. The van der Waals surface area contributed by atoms with Crippen LogP contribution in [0.4, 0.5) is 5.82 Å². The van der Waals surface area contributed by atoms with Crippen LogP contribution in [0.5, 0.6) is 0 Å². The summed E-state index contributed by atoms with van der Waals surface area (Å²) in [4.78, 5) is 14.2. The van der Waals surface area contributed by atoms with Gasteiger partial charge in [-0.1, -0.05) is 6.42 Å². The number of fused-ring (bicyclic) bond motifs is 1. The zero-order valence-electron chi connectivity index (χ0n) is 12.9. The van der Waals surface area contributed by atoms with Crippen molar-refractivity contribution in [3.8, 4) is 0 Å². The first-order valence-corrected chi connectivity index (χ1v) is 8.39. The molecule has 1 aliphatic heterocycles. The normalized spacial score (nSPS) is 20.1. The number of hydrogen-bond donors (Lipinski definition) is 2. The average molecular weight is 305 g/mol. The lowest BCUT2D eigenvalue weighted by Crippen LogP contribution is -2.37. The highest BCUT2D eigenvalue weighted by Gasteiger charge is 2.21. The third kappa shape index (κ3) is 2.75. The molecule has 3 heterocycles. The first-order chi connectivity index (χ1) is 10.1. The van der Waals surface area contributed by atoms with Crippen LogP contribution in [0.2, 0.25) is 0 Å². The summed E-state index contributed by atoms with van der Waals surface area (Å²) in [5, 5.41) is 1.07. The van der Waals surface area contributed by atoms with Crippen molar-refractivity contribution < 1.29 is 0 Å². The van der Waals surface area contributed by atoms with Crippen LogP contribution in [0.3, 0.4) is 0 Å². The number of anilines is 1. The Morgan fingerprint density at radius 2 is 2.14 bits per heavy atom. The number of nitrogen functional groups attached to an aromatic ring is 1. The van der Waals surface area contributed by atoms with Crippen LogP contribution in [0.1, 0.15) is 42.5 Å². The Labute approximate surface area is 129 Å². The van der Waals surface area contributed by atoms with E-state index in [-0.39, 0.29) is 0 Å². The van der Waals surface area contributed by atoms with E-state index in [9.17, 15) is 0 Å². The summed E-state index contributed by atoms with van der Waals surface area (Å²) in [6, 6.07) is 0.610. The molecule has 0 spiro atoms. The van der Waals surface area contributed by atoms with Crippen molar-refractivity contribution in [2.45, 2.75) is 52.6 Å². The number of likely N-dealkylation sites (tertiary alicyclic amines) is 1. The van der Waals surface area contributed by atoms with Crippen LogP contribution in [-0.4, -0.2) is 27.5 Å². The van der Waals surface area contributed by atoms with E-state index >= 15 is 0 Å². The summed E-state index contributed by atoms with van der Waals surface area (Å²) >= 11 is 1.72. The summed E-state index contributed by atoms with van der Waals surface area (Å²) in [6.07, 6.45) is 3.86. The molecule has 21 heavy (non-hydrogen) atoms. The molecule has 6 heteroatoms. The van der Waals surface area contributed by atoms with Crippen molar-refractivity contribution in [3.05, 3.63) is 16.3 Å². The third-order valence-corrected chi connectivity index (χ3v) is 5.60. The number of aryl methyl sites for hydroxylation is 2. The van der Waals surface area contributed by atoms with Gasteiger partial charge in [0, 0.05) is 10.9 Å². The molecule has 0 saturated carbocycles. The van der Waals surface area contributed by atoms with Crippen molar-refractivity contribution >= 4 is 27.4 Å². The molecule has 2 aromatic heterocycles. The zero-order valence-corrected chi connectivity index (χ0v) is 13.8. The van der Waals surface area contributed by atoms with E-state index in [2.05, 4.69) is 36.1 Å². The topological polar surface area (TPSA) is 67.1 Å². The number of aromatic nitrogens is 2. The zero-order chi connectivity index (χ0) is 15.0. The van der Waals surface area contributed by atoms with Gasteiger partial charge in [-0.2, -0.15) is 0 Å². The second-order valence-corrected chi connectivity index (χ2v) is 7.11. The van der Waals surface area contributed by atoms with Crippen LogP contribution >= 0.6 is 11.3 Å². The Morgan fingerprint density at radius 1 is 1.33 bits per heavy atom. The fourth-order valence-corrected chi connectivity index (χ4v) is 4.09. The van der Waals surface area contributed by atoms with Gasteiger partial charge in [-0.05, 0) is 45.7 Å². The second-order valence-electron chi connectivity index (χ2n) is 5.91. The van der Waals surface area contributed by atoms with Gasteiger partial charge in [-0.25, -0.2) is 15.8 Å². The van der Waals surface area contributed by atoms with Gasteiger partial charge in [0.1, 0.15) is 10.7 Å². The van der Waals surface area contributed by atoms with Crippen LogP contribution in [0.25, 0.3) is 10.2 Å². The van der Waals surface area contributed by atoms with E-state index < -0.39 is 0 Å². The number of hydrazine groups is 1. The van der Waals surface area contributed by atoms with E-state index in [1.165, 1.54) is 29.7 Å². The number of hydrogen-bond acceptors (Lipinski definition) is 6. The highest BCUT2D eigenvalue weighted by atomic mass is 32.1. The predicted molar refractivity (Wildman–Crippen MR) is 88.4 cm³/mol. The summed E-state index contributed by atoms with van der Waals surface area (Å²) in [6.45, 7) is 8.45. The molecular weight excluding hydrogens is 282 g/mol. The van der Waals surface area contributed by atoms with Crippen molar-refractivity contribution in [3.63, 3.8) is 0 Å². The summed E-state index contributed by atoms with van der Waals surface area (Å²) in [7, 11) is 0. The minimum atomic E-state index is 0.610. The summed E-state index contributed by atoms with van der Waals surface area (Å²) < 4.78 is 0. The van der Waals surface area contributed by atoms with E-state index in [1.807, 2.05) is 0 Å². The molecule has 2 aromatic rings. The average Bonchev–Trinajstić information content (AvgIpc) is 2.76. The first kappa shape index (κ1) is 14.7. The summed E-state index contributed by atoms with van der Waals surface area (Å²) in [5.74, 6) is 7.29. The Morgan fingerprint density at radius 3 is 2.86 bits per heavy atom. The van der Waals surface area contributed by atoms with Gasteiger partial charge in [-0.3, -0.25) is 4.90 Å². The highest BCUT2D eigenvalue weighted by Crippen LogP contribution is 2.33. The molecule has 0 aliphatic carbocycles. The lowest BCUT2D eigenvalue weighted by Gasteiger charge is -2.32. The fraction of sp³-hybridized carbons (Fsp3) is 0.600. The predicted octanol–water partition coefficient (Wildman–Crippen LogP) is 2.97. The molecule has 0 bridgehead atoms. The molecule has 3 rings (SSSR count). The second kappa shape index (κ2) is 5.87. The quantitative estimate of drug-likeness (QED) is 0.674. The van der Waals surface area contributed by atoms with Crippen LogP contribution in [0.15, 0.2) is 0 Å². The van der Waals surface area contributed by atoms with E-state index in [0.29, 0.717) is 6.04 Å². The van der Waals surface area contributed by atoms with Gasteiger partial charge in [0.05, 0.1) is 11.9 Å². The third-order valence-electron chi connectivity index (χ3n) is 4.50. The number of nitrogens with zero attached hydrogens (tertiary/aromatic N) is 3. The van der Waals surface area contributed by atoms with Gasteiger partial charge in [0.2, 0.25) is 0 Å². The lowest BCUT2D eigenvalue weighted by atomic mass is 10.0. The van der Waals surface area contributed by atoms with Gasteiger partial charge in [0.15, 0.2) is 5.82 Å². The SMILES string of the molecule is Cc1sc2nc(CN3CCCCC3C)nc(NN)c2c1C. The molecule has 0 amide bonds. The van der Waals surface area contributed by atoms with Crippen LogP contribution in [-0.2, 0) is 6.54 Å². The number of nitrogens with one attached hydrogen (secondary N) is 1. The maximum Gasteiger partial charge on any atom is 0.152 e. The van der Waals surface area contributed by atoms with E-state index in [4.69, 9.17) is 10.8 Å². The number of thiophene rings is 1. The maximum atomic E-state index is 5.67. The maximum absolute atomic E-state index is 5.67. The smallest absolute Gasteiger partial charge is 0.152 e. The lowest BCUT2D eigenvalue weighted by molar-refractivity contribution is 0.149. The number of rotatable bonds is 3. The number of nitrogens with two attached hydrogens (primary N) is 1. The minimum absolute atomic E-state index is 0.610.